The molecule has 1 heterocycles. The molecule has 0 fully saturated rings. The number of hydrogen-bond acceptors (Lipinski definition) is 3. The molecule has 1 aromatic carbocycles. The van der Waals surface area contributed by atoms with E-state index >= 15 is 0 Å². The van der Waals surface area contributed by atoms with Crippen molar-refractivity contribution in [1.82, 2.24) is 9.97 Å². The van der Waals surface area contributed by atoms with E-state index in [1.165, 1.54) is 0 Å². The number of para-hydroxylation sites is 1. The summed E-state index contributed by atoms with van der Waals surface area (Å²) in [6.07, 6.45) is 1.71. The van der Waals surface area contributed by atoms with E-state index in [1.807, 2.05) is 25.1 Å². The van der Waals surface area contributed by atoms with Gasteiger partial charge in [-0.25, -0.2) is 4.98 Å². The van der Waals surface area contributed by atoms with Crippen molar-refractivity contribution in [3.63, 3.8) is 0 Å². The minimum atomic E-state index is 0.00170. The Morgan fingerprint density at radius 1 is 1.20 bits per heavy atom. The molecule has 0 aliphatic rings. The maximum absolute atomic E-state index is 5.85. The Hall–Kier alpha value is -1.61. The first-order chi connectivity index (χ1) is 9.41. The van der Waals surface area contributed by atoms with E-state index in [2.05, 4.69) is 36.8 Å². The molecular formula is C16H19ClN2O. The summed E-state index contributed by atoms with van der Waals surface area (Å²) in [6.45, 7) is 8.36. The monoisotopic (exact) mass is 290 g/mol. The molecule has 106 valence electrons. The molecule has 0 aliphatic heterocycles. The van der Waals surface area contributed by atoms with E-state index in [1.54, 1.807) is 6.20 Å². The van der Waals surface area contributed by atoms with E-state index in [-0.39, 0.29) is 5.41 Å². The minimum absolute atomic E-state index is 0.00170. The van der Waals surface area contributed by atoms with Crippen LogP contribution in [0.2, 0.25) is 0 Å². The maximum atomic E-state index is 5.85. The SMILES string of the molecule is Cc1nc(Oc2ccccc2C(C)(C)C)ncc1CCl. The Kier molecular flexibility index (Phi) is 4.29. The highest BCUT2D eigenvalue weighted by Crippen LogP contribution is 2.33. The van der Waals surface area contributed by atoms with Crippen molar-refractivity contribution in [3.05, 3.63) is 47.3 Å². The first-order valence-electron chi connectivity index (χ1n) is 6.57. The molecule has 1 aromatic heterocycles. The van der Waals surface area contributed by atoms with Crippen LogP contribution in [0.4, 0.5) is 0 Å². The molecule has 0 saturated carbocycles. The van der Waals surface area contributed by atoms with Gasteiger partial charge in [0.1, 0.15) is 5.75 Å². The molecule has 0 saturated heterocycles. The van der Waals surface area contributed by atoms with E-state index < -0.39 is 0 Å². The first-order valence-corrected chi connectivity index (χ1v) is 7.11. The van der Waals surface area contributed by atoms with E-state index in [0.29, 0.717) is 11.9 Å². The predicted molar refractivity (Wildman–Crippen MR) is 81.5 cm³/mol. The van der Waals surface area contributed by atoms with Crippen LogP contribution in [0.25, 0.3) is 0 Å². The summed E-state index contributed by atoms with van der Waals surface area (Å²) in [6, 6.07) is 8.32. The Balaban J connectivity index is 2.33. The normalized spacial score (nSPS) is 11.4. The van der Waals surface area contributed by atoms with Gasteiger partial charge in [0, 0.05) is 23.0 Å². The molecule has 2 aromatic rings. The van der Waals surface area contributed by atoms with Gasteiger partial charge in [-0.2, -0.15) is 4.98 Å². The summed E-state index contributed by atoms with van der Waals surface area (Å²) in [5, 5.41) is 0. The van der Waals surface area contributed by atoms with Crippen LogP contribution in [0.1, 0.15) is 37.6 Å². The summed E-state index contributed by atoms with van der Waals surface area (Å²) in [7, 11) is 0. The third-order valence-electron chi connectivity index (χ3n) is 3.10. The van der Waals surface area contributed by atoms with Crippen molar-refractivity contribution in [3.8, 4) is 11.8 Å². The van der Waals surface area contributed by atoms with Crippen molar-refractivity contribution in [2.75, 3.05) is 0 Å². The third kappa shape index (κ3) is 3.28. The molecular weight excluding hydrogens is 272 g/mol. The lowest BCUT2D eigenvalue weighted by atomic mass is 9.86. The Morgan fingerprint density at radius 2 is 1.90 bits per heavy atom. The lowest BCUT2D eigenvalue weighted by Crippen LogP contribution is -2.12. The molecule has 0 aliphatic carbocycles. The molecule has 4 heteroatoms. The smallest absolute Gasteiger partial charge is 0.322 e. The number of halogens is 1. The molecule has 3 nitrogen and oxygen atoms in total. The van der Waals surface area contributed by atoms with Gasteiger partial charge >= 0.3 is 6.01 Å². The second-order valence-corrected chi connectivity index (χ2v) is 6.01. The van der Waals surface area contributed by atoms with E-state index in [4.69, 9.17) is 16.3 Å². The lowest BCUT2D eigenvalue weighted by Gasteiger charge is -2.22. The molecule has 2 rings (SSSR count). The summed E-state index contributed by atoms with van der Waals surface area (Å²) >= 11 is 5.81. The molecule has 0 amide bonds. The lowest BCUT2D eigenvalue weighted by molar-refractivity contribution is 0.421. The standard InChI is InChI=1S/C16H19ClN2O/c1-11-12(9-17)10-18-15(19-11)20-14-8-6-5-7-13(14)16(2,3)4/h5-8,10H,9H2,1-4H3. The predicted octanol–water partition coefficient (Wildman–Crippen LogP) is 4.61. The number of rotatable bonds is 3. The van der Waals surface area contributed by atoms with Gasteiger partial charge in [0.2, 0.25) is 0 Å². The number of aryl methyl sites for hydroxylation is 1. The number of hydrogen-bond donors (Lipinski definition) is 0. The highest BCUT2D eigenvalue weighted by molar-refractivity contribution is 6.17. The fourth-order valence-corrected chi connectivity index (χ4v) is 2.19. The van der Waals surface area contributed by atoms with Gasteiger partial charge in [-0.1, -0.05) is 39.0 Å². The van der Waals surface area contributed by atoms with Gasteiger partial charge in [0.25, 0.3) is 0 Å². The fourth-order valence-electron chi connectivity index (χ4n) is 1.92. The molecule has 0 atom stereocenters. The van der Waals surface area contributed by atoms with Crippen LogP contribution < -0.4 is 4.74 Å². The van der Waals surface area contributed by atoms with Gasteiger partial charge in [-0.3, -0.25) is 0 Å². The summed E-state index contributed by atoms with van der Waals surface area (Å²) in [4.78, 5) is 8.56. The molecule has 0 bridgehead atoms. The van der Waals surface area contributed by atoms with Crippen molar-refractivity contribution < 1.29 is 4.74 Å². The second-order valence-electron chi connectivity index (χ2n) is 5.75. The average Bonchev–Trinajstić information content (AvgIpc) is 2.38. The molecule has 0 N–H and O–H groups in total. The van der Waals surface area contributed by atoms with Crippen molar-refractivity contribution in [1.29, 1.82) is 0 Å². The number of nitrogens with zero attached hydrogens (tertiary/aromatic N) is 2. The van der Waals surface area contributed by atoms with Crippen LogP contribution in [0.3, 0.4) is 0 Å². The summed E-state index contributed by atoms with van der Waals surface area (Å²) < 4.78 is 5.85. The maximum Gasteiger partial charge on any atom is 0.322 e. The van der Waals surface area contributed by atoms with Crippen LogP contribution in [-0.2, 0) is 11.3 Å². The van der Waals surface area contributed by atoms with Crippen molar-refractivity contribution in [2.24, 2.45) is 0 Å². The Bertz CT molecular complexity index is 606. The fraction of sp³-hybridized carbons (Fsp3) is 0.375. The quantitative estimate of drug-likeness (QED) is 0.774. The minimum Gasteiger partial charge on any atom is -0.424 e. The van der Waals surface area contributed by atoms with Crippen molar-refractivity contribution >= 4 is 11.6 Å². The van der Waals surface area contributed by atoms with E-state index in [0.717, 1.165) is 22.6 Å². The zero-order valence-corrected chi connectivity index (χ0v) is 13.0. The first kappa shape index (κ1) is 14.8. The van der Waals surface area contributed by atoms with Crippen LogP contribution in [0.15, 0.2) is 30.5 Å². The van der Waals surface area contributed by atoms with E-state index in [9.17, 15) is 0 Å². The molecule has 20 heavy (non-hydrogen) atoms. The average molecular weight is 291 g/mol. The van der Waals surface area contributed by atoms with Crippen LogP contribution in [-0.4, -0.2) is 9.97 Å². The highest BCUT2D eigenvalue weighted by Gasteiger charge is 2.19. The second kappa shape index (κ2) is 5.80. The molecule has 0 unspecified atom stereocenters. The topological polar surface area (TPSA) is 35.0 Å². The van der Waals surface area contributed by atoms with Crippen LogP contribution in [0, 0.1) is 6.92 Å². The number of aromatic nitrogens is 2. The largest absolute Gasteiger partial charge is 0.424 e. The zero-order chi connectivity index (χ0) is 14.8. The number of alkyl halides is 1. The number of benzene rings is 1. The third-order valence-corrected chi connectivity index (χ3v) is 3.39. The van der Waals surface area contributed by atoms with Gasteiger partial charge in [0.05, 0.1) is 5.88 Å². The zero-order valence-electron chi connectivity index (χ0n) is 12.3. The van der Waals surface area contributed by atoms with Gasteiger partial charge in [0.15, 0.2) is 0 Å². The Morgan fingerprint density at radius 3 is 2.50 bits per heavy atom. The van der Waals surface area contributed by atoms with Crippen LogP contribution in [0.5, 0.6) is 11.8 Å². The Labute approximate surface area is 125 Å². The van der Waals surface area contributed by atoms with Crippen LogP contribution >= 0.6 is 11.6 Å². The molecule has 0 radical (unpaired) electrons. The van der Waals surface area contributed by atoms with Gasteiger partial charge in [-0.05, 0) is 18.4 Å². The van der Waals surface area contributed by atoms with Gasteiger partial charge in [-0.15, -0.1) is 11.6 Å². The van der Waals surface area contributed by atoms with Crippen molar-refractivity contribution in [2.45, 2.75) is 39.0 Å². The molecule has 0 spiro atoms. The summed E-state index contributed by atoms with van der Waals surface area (Å²) in [5.74, 6) is 1.20. The van der Waals surface area contributed by atoms with Gasteiger partial charge < -0.3 is 4.74 Å². The highest BCUT2D eigenvalue weighted by atomic mass is 35.5. The number of ether oxygens (including phenoxy) is 1. The summed E-state index contributed by atoms with van der Waals surface area (Å²) in [5.41, 5.74) is 2.89.